The fourth-order valence-electron chi connectivity index (χ4n) is 3.22. The van der Waals surface area contributed by atoms with Crippen molar-refractivity contribution in [2.24, 2.45) is 5.41 Å². The summed E-state index contributed by atoms with van der Waals surface area (Å²) in [6, 6.07) is 0.593. The first-order valence-electron chi connectivity index (χ1n) is 9.02. The first-order chi connectivity index (χ1) is 12.0. The molecule has 0 amide bonds. The van der Waals surface area contributed by atoms with Gasteiger partial charge >= 0.3 is 5.97 Å². The molecule has 150 valence electrons. The van der Waals surface area contributed by atoms with Crippen molar-refractivity contribution in [3.63, 3.8) is 0 Å². The van der Waals surface area contributed by atoms with Gasteiger partial charge in [-0.2, -0.15) is 0 Å². The third-order valence-corrected chi connectivity index (χ3v) is 7.40. The second-order valence-corrected chi connectivity index (χ2v) is 14.1. The highest BCUT2D eigenvalue weighted by Crippen LogP contribution is 2.36. The number of sulfone groups is 1. The minimum absolute atomic E-state index is 0.0319. The lowest BCUT2D eigenvalue weighted by atomic mass is 9.89. The van der Waals surface area contributed by atoms with Gasteiger partial charge < -0.3 is 9.26 Å². The van der Waals surface area contributed by atoms with Crippen molar-refractivity contribution < 1.29 is 22.5 Å². The van der Waals surface area contributed by atoms with Gasteiger partial charge in [0.15, 0.2) is 9.84 Å². The summed E-state index contributed by atoms with van der Waals surface area (Å²) < 4.78 is 34.1. The molecule has 26 heavy (non-hydrogen) atoms. The van der Waals surface area contributed by atoms with E-state index in [1.165, 1.54) is 6.26 Å². The molecule has 0 aromatic rings. The maximum absolute atomic E-state index is 12.7. The smallest absolute Gasteiger partial charge is 0.312 e. The first kappa shape index (κ1) is 23.1. The minimum Gasteiger partial charge on any atom is -0.461 e. The lowest BCUT2D eigenvalue weighted by Crippen LogP contribution is -2.45. The van der Waals surface area contributed by atoms with Gasteiger partial charge in [-0.3, -0.25) is 4.79 Å². The molecule has 1 unspecified atom stereocenters. The van der Waals surface area contributed by atoms with Crippen LogP contribution in [0.2, 0.25) is 19.1 Å². The number of hydroxylamine groups is 2. The predicted molar refractivity (Wildman–Crippen MR) is 107 cm³/mol. The Labute approximate surface area is 159 Å². The molecule has 0 bridgehead atoms. The number of rotatable bonds is 11. The molecule has 1 saturated heterocycles. The summed E-state index contributed by atoms with van der Waals surface area (Å²) in [5.74, 6) is -0.331. The average molecular weight is 404 g/mol. The van der Waals surface area contributed by atoms with Crippen molar-refractivity contribution in [3.05, 3.63) is 24.8 Å². The molecule has 0 saturated carbocycles. The summed E-state index contributed by atoms with van der Waals surface area (Å²) >= 11 is 0. The van der Waals surface area contributed by atoms with E-state index in [1.807, 2.05) is 12.0 Å². The average Bonchev–Trinajstić information content (AvgIpc) is 2.99. The SMILES string of the molecule is C=CCOC(=O)C(C)(CC=CCS(C)(=O)=O)C[Si](C)(C)ON1CCCC1. The quantitative estimate of drug-likeness (QED) is 0.300. The Morgan fingerprint density at radius 2 is 1.88 bits per heavy atom. The Bertz CT molecular complexity index is 611. The van der Waals surface area contributed by atoms with Gasteiger partial charge in [0.1, 0.15) is 6.61 Å². The maximum Gasteiger partial charge on any atom is 0.312 e. The molecule has 0 N–H and O–H groups in total. The fraction of sp³-hybridized carbons (Fsp3) is 0.722. The fourth-order valence-corrected chi connectivity index (χ4v) is 6.82. The molecule has 1 heterocycles. The molecule has 1 rings (SSSR count). The van der Waals surface area contributed by atoms with Gasteiger partial charge in [-0.15, -0.1) is 0 Å². The van der Waals surface area contributed by atoms with Gasteiger partial charge in [0.25, 0.3) is 0 Å². The molecule has 6 nitrogen and oxygen atoms in total. The number of allylic oxidation sites excluding steroid dienone is 1. The number of carbonyl (C=O) groups is 1. The summed E-state index contributed by atoms with van der Waals surface area (Å²) in [7, 11) is -5.22. The topological polar surface area (TPSA) is 72.9 Å². The Hall–Kier alpha value is -0.963. The van der Waals surface area contributed by atoms with Crippen LogP contribution in [0.25, 0.3) is 0 Å². The summed E-state index contributed by atoms with van der Waals surface area (Å²) in [5, 5.41) is 2.02. The maximum atomic E-state index is 12.7. The van der Waals surface area contributed by atoms with E-state index in [1.54, 1.807) is 18.2 Å². The van der Waals surface area contributed by atoms with Crippen LogP contribution in [0.1, 0.15) is 26.2 Å². The van der Waals surface area contributed by atoms with Crippen molar-refractivity contribution in [2.75, 3.05) is 31.7 Å². The van der Waals surface area contributed by atoms with Crippen molar-refractivity contribution in [1.82, 2.24) is 5.06 Å². The molecule has 1 fully saturated rings. The Kier molecular flexibility index (Phi) is 8.72. The van der Waals surface area contributed by atoms with Gasteiger partial charge in [0.2, 0.25) is 8.32 Å². The van der Waals surface area contributed by atoms with Crippen LogP contribution in [0.4, 0.5) is 0 Å². The van der Waals surface area contributed by atoms with E-state index in [2.05, 4.69) is 19.7 Å². The van der Waals surface area contributed by atoms with Crippen LogP contribution in [0.5, 0.6) is 0 Å². The van der Waals surface area contributed by atoms with Crippen molar-refractivity contribution in [3.8, 4) is 0 Å². The number of ether oxygens (including phenoxy) is 1. The van der Waals surface area contributed by atoms with Crippen molar-refractivity contribution in [1.29, 1.82) is 0 Å². The number of hydrogen-bond donors (Lipinski definition) is 0. The molecule has 0 spiro atoms. The molecule has 1 aliphatic heterocycles. The molecule has 0 radical (unpaired) electrons. The lowest BCUT2D eigenvalue weighted by molar-refractivity contribution is -0.152. The van der Waals surface area contributed by atoms with Crippen LogP contribution in [0, 0.1) is 5.41 Å². The normalized spacial score (nSPS) is 18.8. The summed E-state index contributed by atoms with van der Waals surface area (Å²) in [4.78, 5) is 12.7. The standard InChI is InChI=1S/C18H33NO5SSi/c1-6-14-23-17(20)18(2,11-7-10-15-25(3,21)22)16-26(4,5)24-19-12-8-9-13-19/h6-7,10H,1,8-9,11-16H2,2-5H3. The number of nitrogens with zero attached hydrogens (tertiary/aromatic N) is 1. The third-order valence-electron chi connectivity index (χ3n) is 4.22. The third kappa shape index (κ3) is 8.61. The van der Waals surface area contributed by atoms with Gasteiger partial charge in [-0.25, -0.2) is 13.5 Å². The van der Waals surface area contributed by atoms with Crippen LogP contribution < -0.4 is 0 Å². The predicted octanol–water partition coefficient (Wildman–Crippen LogP) is 2.95. The summed E-state index contributed by atoms with van der Waals surface area (Å²) in [6.07, 6.45) is 8.78. The van der Waals surface area contributed by atoms with Crippen LogP contribution in [-0.2, 0) is 23.9 Å². The van der Waals surface area contributed by atoms with Crippen LogP contribution in [0.3, 0.4) is 0 Å². The molecule has 0 aromatic heterocycles. The van der Waals surface area contributed by atoms with Crippen LogP contribution in [0.15, 0.2) is 24.8 Å². The van der Waals surface area contributed by atoms with Gasteiger partial charge in [-0.05, 0) is 45.3 Å². The Morgan fingerprint density at radius 1 is 1.27 bits per heavy atom. The van der Waals surface area contributed by atoms with E-state index in [4.69, 9.17) is 9.26 Å². The number of hydrogen-bond acceptors (Lipinski definition) is 6. The molecular formula is C18H33NO5SSi. The zero-order valence-corrected chi connectivity index (χ0v) is 18.3. The molecule has 1 aliphatic rings. The molecule has 0 aromatic carbocycles. The highest BCUT2D eigenvalue weighted by Gasteiger charge is 2.42. The number of carbonyl (C=O) groups excluding carboxylic acids is 1. The van der Waals surface area contributed by atoms with Crippen LogP contribution >= 0.6 is 0 Å². The highest BCUT2D eigenvalue weighted by atomic mass is 32.2. The van der Waals surface area contributed by atoms with E-state index in [9.17, 15) is 13.2 Å². The first-order valence-corrected chi connectivity index (χ1v) is 14.2. The summed E-state index contributed by atoms with van der Waals surface area (Å²) in [6.45, 7) is 11.7. The van der Waals surface area contributed by atoms with Crippen molar-refractivity contribution >= 4 is 24.1 Å². The van der Waals surface area contributed by atoms with E-state index in [-0.39, 0.29) is 18.3 Å². The Morgan fingerprint density at radius 3 is 2.42 bits per heavy atom. The molecule has 0 aliphatic carbocycles. The van der Waals surface area contributed by atoms with Crippen LogP contribution in [-0.4, -0.2) is 59.5 Å². The zero-order valence-electron chi connectivity index (χ0n) is 16.5. The second-order valence-electron chi connectivity index (χ2n) is 7.88. The van der Waals surface area contributed by atoms with Gasteiger partial charge in [-0.1, -0.05) is 24.8 Å². The van der Waals surface area contributed by atoms with E-state index in [0.717, 1.165) is 25.9 Å². The highest BCUT2D eigenvalue weighted by molar-refractivity contribution is 7.90. The second kappa shape index (κ2) is 9.82. The van der Waals surface area contributed by atoms with E-state index >= 15 is 0 Å². The summed E-state index contributed by atoms with van der Waals surface area (Å²) in [5.41, 5.74) is -0.757. The monoisotopic (exact) mass is 403 g/mol. The largest absolute Gasteiger partial charge is 0.461 e. The minimum atomic E-state index is -3.07. The Balaban J connectivity index is 2.83. The van der Waals surface area contributed by atoms with E-state index < -0.39 is 23.6 Å². The molecule has 1 atom stereocenters. The van der Waals surface area contributed by atoms with Gasteiger partial charge in [0.05, 0.1) is 11.2 Å². The van der Waals surface area contributed by atoms with Gasteiger partial charge in [0, 0.05) is 19.3 Å². The van der Waals surface area contributed by atoms with E-state index in [0.29, 0.717) is 12.5 Å². The zero-order chi connectivity index (χ0) is 19.8. The number of esters is 1. The molecule has 8 heteroatoms. The molecular weight excluding hydrogens is 370 g/mol. The van der Waals surface area contributed by atoms with Crippen molar-refractivity contribution in [2.45, 2.75) is 45.3 Å². The lowest BCUT2D eigenvalue weighted by Gasteiger charge is -2.35.